The average molecular weight is 248 g/mol. The lowest BCUT2D eigenvalue weighted by atomic mass is 9.98. The minimum absolute atomic E-state index is 0.0282. The van der Waals surface area contributed by atoms with E-state index in [-0.39, 0.29) is 18.9 Å². The van der Waals surface area contributed by atoms with E-state index in [1.54, 1.807) is 19.1 Å². The van der Waals surface area contributed by atoms with Crippen LogP contribution in [0.3, 0.4) is 0 Å². The summed E-state index contributed by atoms with van der Waals surface area (Å²) in [7, 11) is 1.52. The molecule has 5 heteroatoms. The van der Waals surface area contributed by atoms with E-state index in [2.05, 4.69) is 6.07 Å². The molecule has 0 aliphatic heterocycles. The van der Waals surface area contributed by atoms with E-state index < -0.39 is 0 Å². The number of hydrogen-bond donors (Lipinski definition) is 1. The van der Waals surface area contributed by atoms with Gasteiger partial charge in [-0.3, -0.25) is 4.79 Å². The van der Waals surface area contributed by atoms with Crippen molar-refractivity contribution in [1.29, 1.82) is 5.26 Å². The first kappa shape index (κ1) is 14.0. The van der Waals surface area contributed by atoms with E-state index in [1.165, 1.54) is 7.11 Å². The van der Waals surface area contributed by atoms with E-state index in [4.69, 9.17) is 20.5 Å². The topological polar surface area (TPSA) is 85.3 Å². The fourth-order valence-electron chi connectivity index (χ4n) is 1.75. The molecule has 0 aliphatic rings. The molecule has 96 valence electrons. The Morgan fingerprint density at radius 3 is 2.67 bits per heavy atom. The summed E-state index contributed by atoms with van der Waals surface area (Å²) < 4.78 is 10.1. The average Bonchev–Trinajstić information content (AvgIpc) is 2.38. The molecule has 0 saturated carbocycles. The van der Waals surface area contributed by atoms with Crippen LogP contribution in [0.5, 0.6) is 5.75 Å². The van der Waals surface area contributed by atoms with Gasteiger partial charge in [0.15, 0.2) is 0 Å². The van der Waals surface area contributed by atoms with Crippen LogP contribution in [0.15, 0.2) is 12.1 Å². The van der Waals surface area contributed by atoms with E-state index in [0.29, 0.717) is 29.0 Å². The summed E-state index contributed by atoms with van der Waals surface area (Å²) >= 11 is 0. The molecule has 5 nitrogen and oxygen atoms in total. The number of esters is 1. The number of carbonyl (C=O) groups excluding carboxylic acids is 1. The molecule has 1 rings (SSSR count). The van der Waals surface area contributed by atoms with Crippen molar-refractivity contribution in [2.24, 2.45) is 5.73 Å². The third-order valence-electron chi connectivity index (χ3n) is 2.56. The Bertz CT molecular complexity index is 478. The largest absolute Gasteiger partial charge is 0.496 e. The number of benzene rings is 1. The Balaban J connectivity index is 3.20. The summed E-state index contributed by atoms with van der Waals surface area (Å²) in [5.74, 6) is 0.202. The lowest BCUT2D eigenvalue weighted by Gasteiger charge is -2.13. The summed E-state index contributed by atoms with van der Waals surface area (Å²) in [5, 5.41) is 9.06. The van der Waals surface area contributed by atoms with Gasteiger partial charge < -0.3 is 15.2 Å². The first-order chi connectivity index (χ1) is 8.67. The van der Waals surface area contributed by atoms with E-state index in [1.807, 2.05) is 0 Å². The highest BCUT2D eigenvalue weighted by Gasteiger charge is 2.16. The van der Waals surface area contributed by atoms with Gasteiger partial charge >= 0.3 is 5.97 Å². The molecule has 0 bridgehead atoms. The summed E-state index contributed by atoms with van der Waals surface area (Å²) in [6, 6.07) is 5.34. The Hall–Kier alpha value is -2.06. The van der Waals surface area contributed by atoms with E-state index >= 15 is 0 Å². The summed E-state index contributed by atoms with van der Waals surface area (Å²) in [4.78, 5) is 11.5. The SMILES string of the molecule is CCOC(=O)Cc1c(C#N)ccc(OC)c1CN. The molecule has 0 fully saturated rings. The fraction of sp³-hybridized carbons (Fsp3) is 0.385. The number of ether oxygens (including phenoxy) is 2. The van der Waals surface area contributed by atoms with Gasteiger partial charge in [0.25, 0.3) is 0 Å². The molecule has 0 spiro atoms. The van der Waals surface area contributed by atoms with Crippen LogP contribution in [-0.2, 0) is 22.5 Å². The Morgan fingerprint density at radius 2 is 2.17 bits per heavy atom. The minimum Gasteiger partial charge on any atom is -0.496 e. The zero-order valence-corrected chi connectivity index (χ0v) is 10.5. The number of methoxy groups -OCH3 is 1. The highest BCUT2D eigenvalue weighted by Crippen LogP contribution is 2.25. The third kappa shape index (κ3) is 2.99. The molecular weight excluding hydrogens is 232 g/mol. The van der Waals surface area contributed by atoms with Crippen LogP contribution in [0.25, 0.3) is 0 Å². The van der Waals surface area contributed by atoms with Crippen LogP contribution in [0.1, 0.15) is 23.6 Å². The van der Waals surface area contributed by atoms with Gasteiger partial charge in [-0.1, -0.05) is 0 Å². The predicted octanol–water partition coefficient (Wildman–Crippen LogP) is 1.13. The lowest BCUT2D eigenvalue weighted by Crippen LogP contribution is -2.13. The van der Waals surface area contributed by atoms with Crippen LogP contribution >= 0.6 is 0 Å². The maximum atomic E-state index is 11.5. The van der Waals surface area contributed by atoms with E-state index in [0.717, 1.165) is 0 Å². The predicted molar refractivity (Wildman–Crippen MR) is 65.9 cm³/mol. The standard InChI is InChI=1S/C13H16N2O3/c1-3-18-13(16)6-10-9(7-14)4-5-12(17-2)11(10)8-15/h4-5H,3,6,8,15H2,1-2H3. The van der Waals surface area contributed by atoms with Crippen LogP contribution in [0, 0.1) is 11.3 Å². The van der Waals surface area contributed by atoms with Crippen molar-refractivity contribution in [1.82, 2.24) is 0 Å². The maximum absolute atomic E-state index is 11.5. The lowest BCUT2D eigenvalue weighted by molar-refractivity contribution is -0.142. The van der Waals surface area contributed by atoms with Crippen LogP contribution in [0.2, 0.25) is 0 Å². The Labute approximate surface area is 106 Å². The number of nitrogens with zero attached hydrogens (tertiary/aromatic N) is 1. The van der Waals surface area contributed by atoms with Crippen LogP contribution in [-0.4, -0.2) is 19.7 Å². The molecule has 0 amide bonds. The number of hydrogen-bond acceptors (Lipinski definition) is 5. The highest BCUT2D eigenvalue weighted by molar-refractivity contribution is 5.74. The molecule has 1 aromatic rings. The van der Waals surface area contributed by atoms with Crippen molar-refractivity contribution in [3.63, 3.8) is 0 Å². The van der Waals surface area contributed by atoms with Gasteiger partial charge in [0.1, 0.15) is 5.75 Å². The number of carbonyl (C=O) groups is 1. The van der Waals surface area contributed by atoms with Gasteiger partial charge in [-0.25, -0.2) is 0 Å². The Kier molecular flexibility index (Phi) is 5.15. The van der Waals surface area contributed by atoms with Crippen molar-refractivity contribution in [2.75, 3.05) is 13.7 Å². The quantitative estimate of drug-likeness (QED) is 0.789. The zero-order valence-electron chi connectivity index (χ0n) is 10.5. The van der Waals surface area contributed by atoms with Crippen LogP contribution in [0.4, 0.5) is 0 Å². The van der Waals surface area contributed by atoms with Gasteiger partial charge in [-0.15, -0.1) is 0 Å². The second-order valence-electron chi connectivity index (χ2n) is 3.57. The second kappa shape index (κ2) is 6.62. The molecule has 0 unspecified atom stereocenters. The van der Waals surface area contributed by atoms with Crippen molar-refractivity contribution in [2.45, 2.75) is 19.9 Å². The summed E-state index contributed by atoms with van der Waals surface area (Å²) in [6.07, 6.45) is 0.0282. The second-order valence-corrected chi connectivity index (χ2v) is 3.57. The van der Waals surface area contributed by atoms with E-state index in [9.17, 15) is 4.79 Å². The first-order valence-corrected chi connectivity index (χ1v) is 5.62. The molecular formula is C13H16N2O3. The molecule has 0 atom stereocenters. The van der Waals surface area contributed by atoms with Crippen LogP contribution < -0.4 is 10.5 Å². The fourth-order valence-corrected chi connectivity index (χ4v) is 1.75. The molecule has 1 aromatic carbocycles. The molecule has 18 heavy (non-hydrogen) atoms. The Morgan fingerprint density at radius 1 is 1.44 bits per heavy atom. The summed E-state index contributed by atoms with van der Waals surface area (Å²) in [6.45, 7) is 2.24. The minimum atomic E-state index is -0.378. The number of nitriles is 1. The smallest absolute Gasteiger partial charge is 0.310 e. The van der Waals surface area contributed by atoms with Crippen molar-refractivity contribution in [3.05, 3.63) is 28.8 Å². The highest BCUT2D eigenvalue weighted by atomic mass is 16.5. The zero-order chi connectivity index (χ0) is 13.5. The van der Waals surface area contributed by atoms with Gasteiger partial charge in [-0.2, -0.15) is 5.26 Å². The molecule has 0 heterocycles. The number of nitrogens with two attached hydrogens (primary N) is 1. The van der Waals surface area contributed by atoms with Crippen molar-refractivity contribution in [3.8, 4) is 11.8 Å². The summed E-state index contributed by atoms with van der Waals surface area (Å²) in [5.41, 5.74) is 7.33. The van der Waals surface area contributed by atoms with Gasteiger partial charge in [0.2, 0.25) is 0 Å². The molecule has 0 radical (unpaired) electrons. The first-order valence-electron chi connectivity index (χ1n) is 5.62. The van der Waals surface area contributed by atoms with Gasteiger partial charge in [0, 0.05) is 12.1 Å². The van der Waals surface area contributed by atoms with Gasteiger partial charge in [0.05, 0.1) is 31.8 Å². The molecule has 2 N–H and O–H groups in total. The molecule has 0 aliphatic carbocycles. The monoisotopic (exact) mass is 248 g/mol. The maximum Gasteiger partial charge on any atom is 0.310 e. The van der Waals surface area contributed by atoms with Crippen molar-refractivity contribution >= 4 is 5.97 Å². The molecule has 0 saturated heterocycles. The van der Waals surface area contributed by atoms with Gasteiger partial charge in [-0.05, 0) is 24.6 Å². The normalized spacial score (nSPS) is 9.67. The molecule has 0 aromatic heterocycles. The van der Waals surface area contributed by atoms with Crippen molar-refractivity contribution < 1.29 is 14.3 Å². The number of rotatable bonds is 5. The third-order valence-corrected chi connectivity index (χ3v) is 2.56.